The first-order valence-electron chi connectivity index (χ1n) is 8.25. The van der Waals surface area contributed by atoms with E-state index in [2.05, 4.69) is 10.2 Å². The summed E-state index contributed by atoms with van der Waals surface area (Å²) in [7, 11) is 1.65. The molecule has 2 aromatic heterocycles. The average Bonchev–Trinajstić information content (AvgIpc) is 3.25. The highest BCUT2D eigenvalue weighted by molar-refractivity contribution is 7.09. The van der Waals surface area contributed by atoms with Crippen molar-refractivity contribution in [2.24, 2.45) is 0 Å². The summed E-state index contributed by atoms with van der Waals surface area (Å²) in [6.07, 6.45) is 0.447. The number of methoxy groups -OCH3 is 1. The summed E-state index contributed by atoms with van der Waals surface area (Å²) in [6, 6.07) is 3.99. The summed E-state index contributed by atoms with van der Waals surface area (Å²) in [5.41, 5.74) is -0.258. The van der Waals surface area contributed by atoms with Crippen molar-refractivity contribution in [2.45, 2.75) is 32.0 Å². The van der Waals surface area contributed by atoms with Gasteiger partial charge in [0.05, 0.1) is 26.1 Å². The predicted molar refractivity (Wildman–Crippen MR) is 92.4 cm³/mol. The molecule has 25 heavy (non-hydrogen) atoms. The summed E-state index contributed by atoms with van der Waals surface area (Å²) in [5.74, 6) is 0.482. The minimum Gasteiger partial charge on any atom is -0.385 e. The van der Waals surface area contributed by atoms with E-state index in [1.165, 1.54) is 4.57 Å². The number of carbonyl (C=O) groups excluding carboxylic acids is 1. The highest BCUT2D eigenvalue weighted by atomic mass is 32.1. The lowest BCUT2D eigenvalue weighted by Gasteiger charge is -2.27. The molecule has 136 valence electrons. The van der Waals surface area contributed by atoms with E-state index in [1.54, 1.807) is 18.4 Å². The molecule has 1 amide bonds. The van der Waals surface area contributed by atoms with Gasteiger partial charge in [-0.05, 0) is 17.9 Å². The van der Waals surface area contributed by atoms with Crippen molar-refractivity contribution in [3.05, 3.63) is 38.7 Å². The van der Waals surface area contributed by atoms with Crippen LogP contribution in [0.25, 0.3) is 0 Å². The van der Waals surface area contributed by atoms with Crippen LogP contribution in [0.2, 0.25) is 0 Å². The van der Waals surface area contributed by atoms with Crippen LogP contribution < -0.4 is 5.69 Å². The van der Waals surface area contributed by atoms with Gasteiger partial charge >= 0.3 is 5.69 Å². The zero-order chi connectivity index (χ0) is 17.6. The van der Waals surface area contributed by atoms with Gasteiger partial charge in [0.25, 0.3) is 0 Å². The molecule has 0 saturated heterocycles. The highest BCUT2D eigenvalue weighted by Crippen LogP contribution is 2.24. The van der Waals surface area contributed by atoms with Crippen molar-refractivity contribution in [1.82, 2.24) is 19.7 Å². The lowest BCUT2D eigenvalue weighted by molar-refractivity contribution is -0.136. The number of hydrogen-bond donors (Lipinski definition) is 1. The predicted octanol–water partition coefficient (Wildman–Crippen LogP) is 1.16. The fourth-order valence-corrected chi connectivity index (χ4v) is 3.59. The molecule has 9 heteroatoms. The Labute approximate surface area is 149 Å². The Hall–Kier alpha value is -1.97. The van der Waals surface area contributed by atoms with Gasteiger partial charge in [-0.25, -0.2) is 9.89 Å². The van der Waals surface area contributed by atoms with Gasteiger partial charge in [-0.3, -0.25) is 9.36 Å². The summed E-state index contributed by atoms with van der Waals surface area (Å²) in [6.45, 7) is 2.65. The normalized spacial score (nSPS) is 16.6. The van der Waals surface area contributed by atoms with Crippen LogP contribution >= 0.6 is 11.3 Å². The van der Waals surface area contributed by atoms with Crippen LogP contribution in [0.15, 0.2) is 22.3 Å². The molecule has 0 fully saturated rings. The Kier molecular flexibility index (Phi) is 6.00. The third-order valence-electron chi connectivity index (χ3n) is 4.13. The Balaban J connectivity index is 1.68. The second kappa shape index (κ2) is 8.41. The molecule has 1 N–H and O–H groups in total. The van der Waals surface area contributed by atoms with E-state index in [4.69, 9.17) is 9.47 Å². The molecule has 1 aliphatic rings. The van der Waals surface area contributed by atoms with Gasteiger partial charge in [-0.1, -0.05) is 6.07 Å². The molecule has 1 aliphatic heterocycles. The zero-order valence-electron chi connectivity index (χ0n) is 14.1. The smallest absolute Gasteiger partial charge is 0.343 e. The Morgan fingerprint density at radius 3 is 3.24 bits per heavy atom. The summed E-state index contributed by atoms with van der Waals surface area (Å²) in [5, 5.41) is 8.44. The van der Waals surface area contributed by atoms with E-state index in [0.29, 0.717) is 38.7 Å². The van der Waals surface area contributed by atoms with Crippen molar-refractivity contribution in [1.29, 1.82) is 0 Å². The SMILES string of the molecule is COCCCN(Cc1cccs1)C(=O)CC1OCCn2c1n[nH]c2=O. The molecule has 3 rings (SSSR count). The van der Waals surface area contributed by atoms with Crippen LogP contribution in [0.5, 0.6) is 0 Å². The summed E-state index contributed by atoms with van der Waals surface area (Å²) < 4.78 is 12.3. The van der Waals surface area contributed by atoms with Gasteiger partial charge < -0.3 is 14.4 Å². The fraction of sp³-hybridized carbons (Fsp3) is 0.562. The van der Waals surface area contributed by atoms with Crippen molar-refractivity contribution in [3.63, 3.8) is 0 Å². The average molecular weight is 366 g/mol. The quantitative estimate of drug-likeness (QED) is 0.708. The lowest BCUT2D eigenvalue weighted by Crippen LogP contribution is -2.35. The number of H-pyrrole nitrogens is 1. The van der Waals surface area contributed by atoms with Crippen molar-refractivity contribution >= 4 is 17.2 Å². The van der Waals surface area contributed by atoms with Crippen LogP contribution in [0, 0.1) is 0 Å². The number of hydrogen-bond acceptors (Lipinski definition) is 6. The molecule has 2 aromatic rings. The molecule has 0 aromatic carbocycles. The first kappa shape index (κ1) is 17.8. The van der Waals surface area contributed by atoms with Crippen molar-refractivity contribution in [2.75, 3.05) is 26.9 Å². The number of nitrogens with one attached hydrogen (secondary N) is 1. The number of aromatic amines is 1. The molecular weight excluding hydrogens is 344 g/mol. The third-order valence-corrected chi connectivity index (χ3v) is 4.99. The second-order valence-corrected chi connectivity index (χ2v) is 6.88. The van der Waals surface area contributed by atoms with Gasteiger partial charge in [-0.2, -0.15) is 5.10 Å². The third kappa shape index (κ3) is 4.36. The number of rotatable bonds is 8. The summed E-state index contributed by atoms with van der Waals surface area (Å²) >= 11 is 1.63. The molecule has 3 heterocycles. The lowest BCUT2D eigenvalue weighted by atomic mass is 10.2. The van der Waals surface area contributed by atoms with Crippen LogP contribution in [0.4, 0.5) is 0 Å². The maximum absolute atomic E-state index is 12.8. The number of fused-ring (bicyclic) bond motifs is 1. The van der Waals surface area contributed by atoms with Gasteiger partial charge in [0.1, 0.15) is 6.10 Å². The van der Waals surface area contributed by atoms with E-state index in [-0.39, 0.29) is 18.0 Å². The first-order chi connectivity index (χ1) is 12.2. The van der Waals surface area contributed by atoms with Crippen LogP contribution in [0.1, 0.15) is 29.6 Å². The molecular formula is C16H22N4O4S. The zero-order valence-corrected chi connectivity index (χ0v) is 15.0. The number of aromatic nitrogens is 3. The number of thiophene rings is 1. The highest BCUT2D eigenvalue weighted by Gasteiger charge is 2.29. The molecule has 0 spiro atoms. The number of amides is 1. The minimum atomic E-state index is -0.492. The maximum atomic E-state index is 12.8. The van der Waals surface area contributed by atoms with Gasteiger partial charge in [-0.15, -0.1) is 11.3 Å². The van der Waals surface area contributed by atoms with Gasteiger partial charge in [0, 0.05) is 25.1 Å². The van der Waals surface area contributed by atoms with Gasteiger partial charge in [0.2, 0.25) is 5.91 Å². The van der Waals surface area contributed by atoms with Crippen LogP contribution in [-0.4, -0.2) is 52.4 Å². The Morgan fingerprint density at radius 2 is 2.48 bits per heavy atom. The monoisotopic (exact) mass is 366 g/mol. The molecule has 1 atom stereocenters. The second-order valence-electron chi connectivity index (χ2n) is 5.84. The number of carbonyl (C=O) groups is 1. The molecule has 1 unspecified atom stereocenters. The van der Waals surface area contributed by atoms with Crippen LogP contribution in [-0.2, 0) is 27.4 Å². The van der Waals surface area contributed by atoms with E-state index >= 15 is 0 Å². The fourth-order valence-electron chi connectivity index (χ4n) is 2.87. The standard InChI is InChI=1S/C16H22N4O4S/c1-23-7-3-5-19(11-12-4-2-9-25-12)14(21)10-13-15-17-18-16(22)20(15)6-8-24-13/h2,4,9,13H,3,5-8,10-11H2,1H3,(H,18,22). The topological polar surface area (TPSA) is 89.4 Å². The Morgan fingerprint density at radius 1 is 1.60 bits per heavy atom. The maximum Gasteiger partial charge on any atom is 0.343 e. The van der Waals surface area contributed by atoms with Gasteiger partial charge in [0.15, 0.2) is 5.82 Å². The molecule has 0 radical (unpaired) electrons. The summed E-state index contributed by atoms with van der Waals surface area (Å²) in [4.78, 5) is 27.5. The molecule has 0 saturated carbocycles. The van der Waals surface area contributed by atoms with Crippen molar-refractivity contribution < 1.29 is 14.3 Å². The minimum absolute atomic E-state index is 0.0154. The largest absolute Gasteiger partial charge is 0.385 e. The molecule has 0 bridgehead atoms. The van der Waals surface area contributed by atoms with Crippen molar-refractivity contribution in [3.8, 4) is 0 Å². The number of nitrogens with zero attached hydrogens (tertiary/aromatic N) is 3. The van der Waals surface area contributed by atoms with Crippen LogP contribution in [0.3, 0.4) is 0 Å². The van der Waals surface area contributed by atoms with E-state index in [9.17, 15) is 9.59 Å². The Bertz CT molecular complexity index is 740. The molecule has 8 nitrogen and oxygen atoms in total. The molecule has 0 aliphatic carbocycles. The number of ether oxygens (including phenoxy) is 2. The first-order valence-corrected chi connectivity index (χ1v) is 9.13. The van der Waals surface area contributed by atoms with E-state index in [0.717, 1.165) is 11.3 Å². The van der Waals surface area contributed by atoms with E-state index < -0.39 is 6.10 Å². The van der Waals surface area contributed by atoms with E-state index in [1.807, 2.05) is 22.4 Å².